The number of allylic oxidation sites excluding steroid dienone is 1. The van der Waals surface area contributed by atoms with Crippen LogP contribution in [0.4, 0.5) is 0 Å². The van der Waals surface area contributed by atoms with Crippen LogP contribution in [-0.4, -0.2) is 59.4 Å². The average molecular weight is 325 g/mol. The second kappa shape index (κ2) is 7.01. The maximum atomic E-state index is 11.9. The molecule has 1 N–H and O–H groups in total. The molecule has 0 aromatic heterocycles. The second-order valence-electron chi connectivity index (χ2n) is 6.82. The van der Waals surface area contributed by atoms with E-state index in [4.69, 9.17) is 9.47 Å². The number of hydrogen-bond donors (Lipinski definition) is 1. The van der Waals surface area contributed by atoms with E-state index in [1.165, 1.54) is 0 Å². The number of aliphatic hydroxyl groups is 1. The van der Waals surface area contributed by atoms with E-state index in [1.807, 2.05) is 11.9 Å². The van der Waals surface area contributed by atoms with Crippen molar-refractivity contribution in [2.75, 3.05) is 7.05 Å². The third-order valence-electron chi connectivity index (χ3n) is 4.92. The molecule has 0 spiro atoms. The number of piperidine rings is 1. The van der Waals surface area contributed by atoms with E-state index in [9.17, 15) is 14.7 Å². The fraction of sp³-hybridized carbons (Fsp3) is 0.765. The third-order valence-corrected chi connectivity index (χ3v) is 4.92. The topological polar surface area (TPSA) is 76.1 Å². The first-order valence-electron chi connectivity index (χ1n) is 8.20. The van der Waals surface area contributed by atoms with Crippen molar-refractivity contribution in [1.82, 2.24) is 4.90 Å². The quantitative estimate of drug-likeness (QED) is 0.620. The zero-order chi connectivity index (χ0) is 17.3. The predicted molar refractivity (Wildman–Crippen MR) is 84.6 cm³/mol. The van der Waals surface area contributed by atoms with Gasteiger partial charge in [-0.3, -0.25) is 9.69 Å². The Morgan fingerprint density at radius 2 is 1.83 bits per heavy atom. The van der Waals surface area contributed by atoms with Gasteiger partial charge in [0, 0.05) is 24.5 Å². The number of hydrogen-bond acceptors (Lipinski definition) is 6. The molecule has 2 heterocycles. The Kier molecular flexibility index (Phi) is 5.47. The minimum atomic E-state index is -0.751. The fourth-order valence-corrected chi connectivity index (χ4v) is 3.28. The molecular weight excluding hydrogens is 298 g/mol. The van der Waals surface area contributed by atoms with Crippen LogP contribution in [-0.2, 0) is 19.1 Å². The molecule has 2 saturated heterocycles. The van der Waals surface area contributed by atoms with E-state index in [-0.39, 0.29) is 36.0 Å². The molecule has 2 fully saturated rings. The van der Waals surface area contributed by atoms with Gasteiger partial charge in [-0.1, -0.05) is 19.9 Å². The molecule has 2 rings (SSSR count). The van der Waals surface area contributed by atoms with Gasteiger partial charge < -0.3 is 14.6 Å². The highest BCUT2D eigenvalue weighted by molar-refractivity contribution is 5.87. The molecule has 0 saturated carbocycles. The summed E-state index contributed by atoms with van der Waals surface area (Å²) in [5, 5.41) is 10.5. The van der Waals surface area contributed by atoms with Gasteiger partial charge in [0.1, 0.15) is 18.3 Å². The summed E-state index contributed by atoms with van der Waals surface area (Å²) in [7, 11) is 1.91. The fourth-order valence-electron chi connectivity index (χ4n) is 3.28. The molecule has 0 radical (unpaired) electrons. The Balaban J connectivity index is 2.07. The summed E-state index contributed by atoms with van der Waals surface area (Å²) in [6.07, 6.45) is 1.25. The lowest BCUT2D eigenvalue weighted by molar-refractivity contribution is -0.159. The maximum Gasteiger partial charge on any atom is 0.333 e. The van der Waals surface area contributed by atoms with Crippen LogP contribution in [0.15, 0.2) is 11.6 Å². The summed E-state index contributed by atoms with van der Waals surface area (Å²) >= 11 is 0. The van der Waals surface area contributed by atoms with Gasteiger partial charge in [0.25, 0.3) is 0 Å². The van der Waals surface area contributed by atoms with Crippen LogP contribution >= 0.6 is 0 Å². The zero-order valence-corrected chi connectivity index (χ0v) is 14.5. The Bertz CT molecular complexity index is 501. The largest absolute Gasteiger partial charge is 0.459 e. The van der Waals surface area contributed by atoms with Crippen LogP contribution in [0, 0.1) is 5.92 Å². The SMILES string of the molecule is CC=C(C)C(=O)OC1CC2C(O)C(OC(=O)C(C)C)C(C1)N2C. The summed E-state index contributed by atoms with van der Waals surface area (Å²) in [4.78, 5) is 25.9. The minimum Gasteiger partial charge on any atom is -0.459 e. The molecule has 0 aromatic rings. The van der Waals surface area contributed by atoms with Gasteiger partial charge in [-0.15, -0.1) is 0 Å². The first-order chi connectivity index (χ1) is 10.8. The van der Waals surface area contributed by atoms with E-state index in [1.54, 1.807) is 33.8 Å². The number of esters is 2. The monoisotopic (exact) mass is 325 g/mol. The molecule has 0 amide bonds. The van der Waals surface area contributed by atoms with Gasteiger partial charge in [0.2, 0.25) is 0 Å². The molecule has 6 heteroatoms. The molecule has 23 heavy (non-hydrogen) atoms. The van der Waals surface area contributed by atoms with Crippen LogP contribution in [0.25, 0.3) is 0 Å². The van der Waals surface area contributed by atoms with Gasteiger partial charge in [0.05, 0.1) is 12.0 Å². The molecule has 5 unspecified atom stereocenters. The summed E-state index contributed by atoms with van der Waals surface area (Å²) in [5.41, 5.74) is 0.569. The Morgan fingerprint density at radius 1 is 1.22 bits per heavy atom. The lowest BCUT2D eigenvalue weighted by Crippen LogP contribution is -2.46. The van der Waals surface area contributed by atoms with Crippen LogP contribution in [0.1, 0.15) is 40.5 Å². The van der Waals surface area contributed by atoms with Crippen LogP contribution < -0.4 is 0 Å². The Labute approximate surface area is 137 Å². The molecule has 5 atom stereocenters. The van der Waals surface area contributed by atoms with Crippen molar-refractivity contribution in [1.29, 1.82) is 0 Å². The molecular formula is C17H27NO5. The van der Waals surface area contributed by atoms with E-state index in [2.05, 4.69) is 0 Å². The van der Waals surface area contributed by atoms with Crippen molar-refractivity contribution in [2.45, 2.75) is 70.9 Å². The second-order valence-corrected chi connectivity index (χ2v) is 6.82. The number of carbonyl (C=O) groups excluding carboxylic acids is 2. The standard InChI is InChI=1S/C17H27NO5/c1-6-10(4)17(21)22-11-7-12-14(19)15(13(8-11)18(12)5)23-16(20)9(2)3/h6,9,11-15,19H,7-8H2,1-5H3. The lowest BCUT2D eigenvalue weighted by atomic mass is 10.00. The highest BCUT2D eigenvalue weighted by Gasteiger charge is 2.53. The van der Waals surface area contributed by atoms with Crippen LogP contribution in [0.2, 0.25) is 0 Å². The molecule has 0 aromatic carbocycles. The highest BCUT2D eigenvalue weighted by Crippen LogP contribution is 2.38. The van der Waals surface area contributed by atoms with Crippen molar-refractivity contribution < 1.29 is 24.2 Å². The van der Waals surface area contributed by atoms with Gasteiger partial charge in [-0.2, -0.15) is 0 Å². The summed E-state index contributed by atoms with van der Waals surface area (Å²) in [6.45, 7) is 7.04. The summed E-state index contributed by atoms with van der Waals surface area (Å²) < 4.78 is 11.0. The van der Waals surface area contributed by atoms with E-state index in [0.29, 0.717) is 18.4 Å². The van der Waals surface area contributed by atoms with E-state index >= 15 is 0 Å². The Morgan fingerprint density at radius 3 is 2.39 bits per heavy atom. The number of likely N-dealkylation sites (N-methyl/N-ethyl adjacent to an activating group) is 1. The lowest BCUT2D eigenvalue weighted by Gasteiger charge is -2.36. The first-order valence-corrected chi connectivity index (χ1v) is 8.20. The van der Waals surface area contributed by atoms with Crippen molar-refractivity contribution >= 4 is 11.9 Å². The summed E-state index contributed by atoms with van der Waals surface area (Å²) in [5.74, 6) is -0.876. The van der Waals surface area contributed by atoms with Gasteiger partial charge in [-0.25, -0.2) is 4.79 Å². The van der Waals surface area contributed by atoms with Gasteiger partial charge in [-0.05, 0) is 20.9 Å². The van der Waals surface area contributed by atoms with Crippen molar-refractivity contribution in [3.63, 3.8) is 0 Å². The van der Waals surface area contributed by atoms with Crippen molar-refractivity contribution in [3.8, 4) is 0 Å². The smallest absolute Gasteiger partial charge is 0.333 e. The normalized spacial score (nSPS) is 34.6. The van der Waals surface area contributed by atoms with Crippen molar-refractivity contribution in [3.05, 3.63) is 11.6 Å². The maximum absolute atomic E-state index is 11.9. The number of nitrogens with zero attached hydrogens (tertiary/aromatic N) is 1. The average Bonchev–Trinajstić information content (AvgIpc) is 2.64. The predicted octanol–water partition coefficient (Wildman–Crippen LogP) is 1.27. The first kappa shape index (κ1) is 17.9. The molecule has 6 nitrogen and oxygen atoms in total. The van der Waals surface area contributed by atoms with E-state index in [0.717, 1.165) is 0 Å². The Hall–Kier alpha value is -1.40. The number of rotatable bonds is 4. The minimum absolute atomic E-state index is 0.129. The molecule has 2 aliphatic rings. The van der Waals surface area contributed by atoms with Crippen LogP contribution in [0.5, 0.6) is 0 Å². The highest BCUT2D eigenvalue weighted by atomic mass is 16.6. The molecule has 130 valence electrons. The molecule has 2 bridgehead atoms. The zero-order valence-electron chi connectivity index (χ0n) is 14.5. The third kappa shape index (κ3) is 3.58. The number of carbonyl (C=O) groups is 2. The van der Waals surface area contributed by atoms with Crippen LogP contribution in [0.3, 0.4) is 0 Å². The van der Waals surface area contributed by atoms with E-state index < -0.39 is 12.2 Å². The number of aliphatic hydroxyl groups excluding tert-OH is 1. The number of ether oxygens (including phenoxy) is 2. The van der Waals surface area contributed by atoms with Gasteiger partial charge >= 0.3 is 11.9 Å². The molecule has 0 aliphatic carbocycles. The van der Waals surface area contributed by atoms with Gasteiger partial charge in [0.15, 0.2) is 0 Å². The molecule has 2 aliphatic heterocycles. The summed E-state index contributed by atoms with van der Waals surface area (Å²) in [6, 6.07) is -0.294. The van der Waals surface area contributed by atoms with Crippen molar-refractivity contribution in [2.24, 2.45) is 5.92 Å². The number of fused-ring (bicyclic) bond motifs is 2.